The number of methoxy groups -OCH3 is 1. The van der Waals surface area contributed by atoms with Gasteiger partial charge in [0.2, 0.25) is 0 Å². The van der Waals surface area contributed by atoms with E-state index in [1.165, 1.54) is 24.0 Å². The van der Waals surface area contributed by atoms with Gasteiger partial charge >= 0.3 is 0 Å². The van der Waals surface area contributed by atoms with Crippen molar-refractivity contribution in [1.82, 2.24) is 5.32 Å². The first kappa shape index (κ1) is 13.7. The van der Waals surface area contributed by atoms with Crippen molar-refractivity contribution in [2.24, 2.45) is 5.92 Å². The molecule has 0 spiro atoms. The molecule has 4 nitrogen and oxygen atoms in total. The maximum absolute atomic E-state index is 5.88. The Balaban J connectivity index is 1.88. The molecule has 1 aromatic carbocycles. The predicted octanol–water partition coefficient (Wildman–Crippen LogP) is 2.15. The second kappa shape index (κ2) is 6.46. The van der Waals surface area contributed by atoms with Crippen molar-refractivity contribution in [3.05, 3.63) is 23.3 Å². The van der Waals surface area contributed by atoms with Crippen molar-refractivity contribution in [3.8, 4) is 11.5 Å². The van der Waals surface area contributed by atoms with Crippen molar-refractivity contribution in [1.29, 1.82) is 0 Å². The van der Waals surface area contributed by atoms with Gasteiger partial charge in [0.1, 0.15) is 13.2 Å². The zero-order chi connectivity index (χ0) is 13.8. The topological polar surface area (TPSA) is 39.7 Å². The van der Waals surface area contributed by atoms with E-state index in [1.54, 1.807) is 7.11 Å². The number of fused-ring (bicyclic) bond motifs is 1. The molecule has 1 fully saturated rings. The zero-order valence-electron chi connectivity index (χ0n) is 12.1. The quantitative estimate of drug-likeness (QED) is 0.915. The molecule has 2 aliphatic rings. The van der Waals surface area contributed by atoms with Crippen LogP contribution in [0.15, 0.2) is 12.1 Å². The Morgan fingerprint density at radius 2 is 2.20 bits per heavy atom. The van der Waals surface area contributed by atoms with Crippen molar-refractivity contribution >= 4 is 0 Å². The summed E-state index contributed by atoms with van der Waals surface area (Å²) >= 11 is 0. The minimum absolute atomic E-state index is 0.631. The van der Waals surface area contributed by atoms with Crippen LogP contribution in [-0.4, -0.2) is 33.4 Å². The molecule has 1 unspecified atom stereocenters. The van der Waals surface area contributed by atoms with Crippen LogP contribution in [0.5, 0.6) is 11.5 Å². The SMILES string of the molecule is COCc1ccc2c(c1CC1CCCNC1)OCCO2. The van der Waals surface area contributed by atoms with Crippen LogP contribution in [-0.2, 0) is 17.8 Å². The van der Waals surface area contributed by atoms with E-state index in [9.17, 15) is 0 Å². The van der Waals surface area contributed by atoms with E-state index >= 15 is 0 Å². The first-order valence-electron chi connectivity index (χ1n) is 7.48. The molecule has 2 aliphatic heterocycles. The van der Waals surface area contributed by atoms with Crippen LogP contribution < -0.4 is 14.8 Å². The third-order valence-corrected chi connectivity index (χ3v) is 4.10. The lowest BCUT2D eigenvalue weighted by Gasteiger charge is -2.27. The summed E-state index contributed by atoms with van der Waals surface area (Å²) in [6.45, 7) is 4.15. The lowest BCUT2D eigenvalue weighted by molar-refractivity contribution is 0.164. The molecular weight excluding hydrogens is 254 g/mol. The summed E-state index contributed by atoms with van der Waals surface area (Å²) in [6, 6.07) is 4.12. The standard InChI is InChI=1S/C16H23NO3/c1-18-11-13-4-5-15-16(20-8-7-19-15)14(13)9-12-3-2-6-17-10-12/h4-5,12,17H,2-3,6-11H2,1H3. The molecule has 0 aromatic heterocycles. The number of hydrogen-bond donors (Lipinski definition) is 1. The maximum atomic E-state index is 5.88. The van der Waals surface area contributed by atoms with Gasteiger partial charge in [0, 0.05) is 12.7 Å². The average Bonchev–Trinajstić information content (AvgIpc) is 2.51. The normalized spacial score (nSPS) is 21.8. The van der Waals surface area contributed by atoms with E-state index in [4.69, 9.17) is 14.2 Å². The van der Waals surface area contributed by atoms with E-state index in [0.29, 0.717) is 25.7 Å². The van der Waals surface area contributed by atoms with Crippen molar-refractivity contribution < 1.29 is 14.2 Å². The highest BCUT2D eigenvalue weighted by atomic mass is 16.6. The molecule has 4 heteroatoms. The van der Waals surface area contributed by atoms with Crippen LogP contribution in [0.3, 0.4) is 0 Å². The zero-order valence-corrected chi connectivity index (χ0v) is 12.1. The molecule has 1 saturated heterocycles. The Kier molecular flexibility index (Phi) is 4.43. The lowest BCUT2D eigenvalue weighted by atomic mass is 9.89. The second-order valence-corrected chi connectivity index (χ2v) is 5.58. The molecule has 0 saturated carbocycles. The summed E-state index contributed by atoms with van der Waals surface area (Å²) in [5.74, 6) is 2.50. The van der Waals surface area contributed by atoms with Crippen molar-refractivity contribution in [2.75, 3.05) is 33.4 Å². The van der Waals surface area contributed by atoms with Crippen LogP contribution in [0.4, 0.5) is 0 Å². The summed E-state index contributed by atoms with van der Waals surface area (Å²) in [5.41, 5.74) is 2.50. The molecule has 0 amide bonds. The molecule has 0 bridgehead atoms. The molecule has 2 heterocycles. The number of nitrogens with one attached hydrogen (secondary N) is 1. The smallest absolute Gasteiger partial charge is 0.164 e. The Morgan fingerprint density at radius 3 is 3.00 bits per heavy atom. The summed E-state index contributed by atoms with van der Waals surface area (Å²) in [5, 5.41) is 3.48. The minimum Gasteiger partial charge on any atom is -0.486 e. The lowest BCUT2D eigenvalue weighted by Crippen LogP contribution is -2.31. The Morgan fingerprint density at radius 1 is 1.30 bits per heavy atom. The number of benzene rings is 1. The molecule has 20 heavy (non-hydrogen) atoms. The fourth-order valence-corrected chi connectivity index (χ4v) is 3.12. The molecule has 1 atom stereocenters. The monoisotopic (exact) mass is 277 g/mol. The van der Waals surface area contributed by atoms with E-state index in [1.807, 2.05) is 6.07 Å². The molecule has 0 aliphatic carbocycles. The average molecular weight is 277 g/mol. The molecule has 110 valence electrons. The third-order valence-electron chi connectivity index (χ3n) is 4.10. The number of piperidine rings is 1. The van der Waals surface area contributed by atoms with Gasteiger partial charge in [-0.25, -0.2) is 0 Å². The summed E-state index contributed by atoms with van der Waals surface area (Å²) in [4.78, 5) is 0. The molecule has 1 aromatic rings. The molecule has 0 radical (unpaired) electrons. The van der Waals surface area contributed by atoms with Gasteiger partial charge in [-0.15, -0.1) is 0 Å². The van der Waals surface area contributed by atoms with E-state index in [2.05, 4.69) is 11.4 Å². The first-order valence-corrected chi connectivity index (χ1v) is 7.48. The van der Waals surface area contributed by atoms with E-state index < -0.39 is 0 Å². The van der Waals surface area contributed by atoms with Crippen LogP contribution in [0.1, 0.15) is 24.0 Å². The van der Waals surface area contributed by atoms with Crippen LogP contribution in [0.2, 0.25) is 0 Å². The van der Waals surface area contributed by atoms with Gasteiger partial charge in [0.25, 0.3) is 0 Å². The van der Waals surface area contributed by atoms with E-state index in [-0.39, 0.29) is 0 Å². The Bertz CT molecular complexity index is 455. The van der Waals surface area contributed by atoms with Gasteiger partial charge in [-0.1, -0.05) is 6.07 Å². The maximum Gasteiger partial charge on any atom is 0.164 e. The van der Waals surface area contributed by atoms with Gasteiger partial charge < -0.3 is 19.5 Å². The largest absolute Gasteiger partial charge is 0.486 e. The number of hydrogen-bond acceptors (Lipinski definition) is 4. The van der Waals surface area contributed by atoms with Gasteiger partial charge in [-0.05, 0) is 49.9 Å². The minimum atomic E-state index is 0.631. The van der Waals surface area contributed by atoms with Crippen LogP contribution in [0.25, 0.3) is 0 Å². The number of rotatable bonds is 4. The van der Waals surface area contributed by atoms with Crippen molar-refractivity contribution in [2.45, 2.75) is 25.9 Å². The highest BCUT2D eigenvalue weighted by Crippen LogP contribution is 2.38. The summed E-state index contributed by atoms with van der Waals surface area (Å²) in [6.07, 6.45) is 3.58. The third kappa shape index (κ3) is 2.91. The second-order valence-electron chi connectivity index (χ2n) is 5.58. The van der Waals surface area contributed by atoms with E-state index in [0.717, 1.165) is 31.0 Å². The summed E-state index contributed by atoms with van der Waals surface area (Å²) < 4.78 is 16.9. The highest BCUT2D eigenvalue weighted by Gasteiger charge is 2.23. The fraction of sp³-hybridized carbons (Fsp3) is 0.625. The van der Waals surface area contributed by atoms with Gasteiger partial charge in [0.05, 0.1) is 6.61 Å². The van der Waals surface area contributed by atoms with Gasteiger partial charge in [-0.2, -0.15) is 0 Å². The predicted molar refractivity (Wildman–Crippen MR) is 77.4 cm³/mol. The Hall–Kier alpha value is -1.26. The van der Waals surface area contributed by atoms with Crippen LogP contribution >= 0.6 is 0 Å². The first-order chi connectivity index (χ1) is 9.88. The Labute approximate surface area is 120 Å². The van der Waals surface area contributed by atoms with Crippen LogP contribution in [0, 0.1) is 5.92 Å². The number of ether oxygens (including phenoxy) is 3. The fourth-order valence-electron chi connectivity index (χ4n) is 3.12. The van der Waals surface area contributed by atoms with Crippen molar-refractivity contribution in [3.63, 3.8) is 0 Å². The molecule has 3 rings (SSSR count). The molecule has 1 N–H and O–H groups in total. The summed E-state index contributed by atoms with van der Waals surface area (Å²) in [7, 11) is 1.74. The highest BCUT2D eigenvalue weighted by molar-refractivity contribution is 5.51. The van der Waals surface area contributed by atoms with Gasteiger partial charge in [-0.3, -0.25) is 0 Å². The van der Waals surface area contributed by atoms with Gasteiger partial charge in [0.15, 0.2) is 11.5 Å². The molecular formula is C16H23NO3.